The minimum Gasteiger partial charge on any atom is -0.462 e. The lowest BCUT2D eigenvalue weighted by Crippen LogP contribution is -2.24. The van der Waals surface area contributed by atoms with Crippen molar-refractivity contribution in [2.24, 2.45) is 17.8 Å². The molecule has 6 nitrogen and oxygen atoms in total. The Hall–Kier alpha value is -3.36. The molecule has 274 valence electrons. The molecule has 2 aliphatic carbocycles. The highest BCUT2D eigenvalue weighted by atomic mass is 19.1. The molecular weight excluding hydrogens is 638 g/mol. The Kier molecular flexibility index (Phi) is 15.7. The normalized spacial score (nSPS) is 20.8. The fourth-order valence-corrected chi connectivity index (χ4v) is 7.68. The molecule has 8 heteroatoms. The van der Waals surface area contributed by atoms with E-state index in [1.165, 1.54) is 31.7 Å². The van der Waals surface area contributed by atoms with Crippen LogP contribution in [0.5, 0.6) is 0 Å². The number of carbonyl (C=O) groups is 2. The van der Waals surface area contributed by atoms with Gasteiger partial charge in [-0.25, -0.2) is 18.4 Å². The zero-order valence-corrected chi connectivity index (χ0v) is 29.8. The van der Waals surface area contributed by atoms with Crippen LogP contribution >= 0.6 is 0 Å². The van der Waals surface area contributed by atoms with Gasteiger partial charge < -0.3 is 19.7 Å². The van der Waals surface area contributed by atoms with Crippen LogP contribution in [-0.2, 0) is 19.1 Å². The Morgan fingerprint density at radius 1 is 0.760 bits per heavy atom. The number of hydrogen-bond acceptors (Lipinski definition) is 6. The van der Waals surface area contributed by atoms with Crippen molar-refractivity contribution >= 4 is 11.9 Å². The van der Waals surface area contributed by atoms with E-state index < -0.39 is 25.2 Å². The molecule has 0 radical (unpaired) electrons. The fourth-order valence-electron chi connectivity index (χ4n) is 7.68. The molecule has 0 atom stereocenters. The molecule has 2 N–H and O–H groups in total. The third-order valence-electron chi connectivity index (χ3n) is 11.0. The average Bonchev–Trinajstić information content (AvgIpc) is 3.14. The van der Waals surface area contributed by atoms with E-state index in [2.05, 4.69) is 20.1 Å². The van der Waals surface area contributed by atoms with Gasteiger partial charge in [-0.2, -0.15) is 0 Å². The summed E-state index contributed by atoms with van der Waals surface area (Å²) >= 11 is 0. The first-order chi connectivity index (χ1) is 24.1. The number of ether oxygens (including phenoxy) is 2. The maximum absolute atomic E-state index is 15.5. The van der Waals surface area contributed by atoms with E-state index in [9.17, 15) is 9.59 Å². The highest BCUT2D eigenvalue weighted by Crippen LogP contribution is 2.41. The maximum atomic E-state index is 15.5. The first-order valence-electron chi connectivity index (χ1n) is 18.6. The van der Waals surface area contributed by atoms with E-state index in [1.54, 1.807) is 12.1 Å². The Morgan fingerprint density at radius 2 is 1.34 bits per heavy atom. The molecule has 0 aliphatic heterocycles. The van der Waals surface area contributed by atoms with E-state index in [-0.39, 0.29) is 53.7 Å². The molecule has 0 saturated heterocycles. The van der Waals surface area contributed by atoms with Gasteiger partial charge in [0.25, 0.3) is 0 Å². The van der Waals surface area contributed by atoms with Gasteiger partial charge >= 0.3 is 11.9 Å². The molecule has 0 amide bonds. The number of hydrogen-bond donors (Lipinski definition) is 2. The third kappa shape index (κ3) is 11.3. The highest BCUT2D eigenvalue weighted by Gasteiger charge is 2.27. The minimum absolute atomic E-state index is 0.00449. The van der Waals surface area contributed by atoms with E-state index in [1.807, 2.05) is 18.2 Å². The summed E-state index contributed by atoms with van der Waals surface area (Å²) in [4.78, 5) is 24.0. The first kappa shape index (κ1) is 39.4. The zero-order valence-electron chi connectivity index (χ0n) is 29.8. The third-order valence-corrected chi connectivity index (χ3v) is 11.0. The summed E-state index contributed by atoms with van der Waals surface area (Å²) in [6, 6.07) is 10.6. The molecule has 2 aromatic rings. The molecule has 0 aromatic heterocycles. The van der Waals surface area contributed by atoms with Crippen molar-refractivity contribution in [1.29, 1.82) is 0 Å². The van der Waals surface area contributed by atoms with Crippen LogP contribution < -0.4 is 0 Å². The molecule has 2 fully saturated rings. The van der Waals surface area contributed by atoms with Crippen molar-refractivity contribution in [3.63, 3.8) is 0 Å². The van der Waals surface area contributed by atoms with Crippen molar-refractivity contribution in [1.82, 2.24) is 0 Å². The number of aliphatic hydroxyl groups is 2. The summed E-state index contributed by atoms with van der Waals surface area (Å²) in [5.74, 6) is -0.572. The average molecular weight is 695 g/mol. The number of halogens is 2. The smallest absolute Gasteiger partial charge is 0.335 e. The number of carbonyl (C=O) groups excluding carboxylic acids is 2. The lowest BCUT2D eigenvalue weighted by molar-refractivity contribution is -0.144. The molecule has 0 bridgehead atoms. The van der Waals surface area contributed by atoms with Crippen LogP contribution in [0.3, 0.4) is 0 Å². The fraction of sp³-hybridized carbons (Fsp3) is 0.571. The van der Waals surface area contributed by atoms with Crippen LogP contribution in [-0.4, -0.2) is 48.6 Å². The van der Waals surface area contributed by atoms with Gasteiger partial charge in [-0.3, -0.25) is 0 Å². The lowest BCUT2D eigenvalue weighted by atomic mass is 9.76. The molecule has 0 unspecified atom stereocenters. The summed E-state index contributed by atoms with van der Waals surface area (Å²) in [6.45, 7) is 8.19. The largest absolute Gasteiger partial charge is 0.462 e. The van der Waals surface area contributed by atoms with Crippen molar-refractivity contribution in [2.45, 2.75) is 109 Å². The Bertz CT molecular complexity index is 1410. The second kappa shape index (κ2) is 19.9. The Labute approximate surface area is 297 Å². The second-order valence-electron chi connectivity index (χ2n) is 14.6. The zero-order chi connectivity index (χ0) is 36.0. The van der Waals surface area contributed by atoms with Gasteiger partial charge in [0.05, 0.1) is 37.6 Å². The van der Waals surface area contributed by atoms with Gasteiger partial charge in [0.15, 0.2) is 0 Å². The molecule has 2 aliphatic rings. The number of esters is 2. The van der Waals surface area contributed by atoms with Crippen LogP contribution in [0.25, 0.3) is 11.1 Å². The molecule has 2 saturated carbocycles. The molecule has 0 spiro atoms. The summed E-state index contributed by atoms with van der Waals surface area (Å²) in [6.07, 6.45) is 14.7. The SMILES string of the molecule is C=C(CO)C(=O)OCC(CCC1CCC(c2ccc(-c3ccc(C4CCC(CCCCC)CC4)c(F)c3)c(F)c2)CC1)COC(=O)C(=C)CO. The second-order valence-corrected chi connectivity index (χ2v) is 14.6. The monoisotopic (exact) mass is 694 g/mol. The first-order valence-corrected chi connectivity index (χ1v) is 18.6. The summed E-state index contributed by atoms with van der Waals surface area (Å²) < 4.78 is 41.4. The van der Waals surface area contributed by atoms with E-state index in [0.717, 1.165) is 74.8 Å². The van der Waals surface area contributed by atoms with Gasteiger partial charge in [0.1, 0.15) is 11.6 Å². The quantitative estimate of drug-likeness (QED) is 0.0918. The van der Waals surface area contributed by atoms with E-state index >= 15 is 8.78 Å². The molecule has 4 rings (SSSR count). The van der Waals surface area contributed by atoms with Crippen LogP contribution in [0.4, 0.5) is 8.78 Å². The van der Waals surface area contributed by atoms with Crippen LogP contribution in [0.2, 0.25) is 0 Å². The molecule has 0 heterocycles. The molecular formula is C42H56F2O6. The number of unbranched alkanes of at least 4 members (excludes halogenated alkanes) is 2. The highest BCUT2D eigenvalue weighted by molar-refractivity contribution is 5.88. The van der Waals surface area contributed by atoms with Gasteiger partial charge in [0.2, 0.25) is 0 Å². The number of aliphatic hydroxyl groups excluding tert-OH is 2. The van der Waals surface area contributed by atoms with Crippen molar-refractivity contribution in [2.75, 3.05) is 26.4 Å². The van der Waals surface area contributed by atoms with E-state index in [0.29, 0.717) is 23.5 Å². The van der Waals surface area contributed by atoms with Gasteiger partial charge in [-0.15, -0.1) is 0 Å². The van der Waals surface area contributed by atoms with Crippen molar-refractivity contribution < 1.29 is 38.1 Å². The predicted molar refractivity (Wildman–Crippen MR) is 192 cm³/mol. The van der Waals surface area contributed by atoms with Crippen LogP contribution in [0, 0.1) is 29.4 Å². The van der Waals surface area contributed by atoms with Crippen molar-refractivity contribution in [3.05, 3.63) is 83.5 Å². The van der Waals surface area contributed by atoms with Gasteiger partial charge in [-0.1, -0.05) is 70.0 Å². The van der Waals surface area contributed by atoms with Crippen LogP contribution in [0.1, 0.15) is 120 Å². The topological polar surface area (TPSA) is 93.1 Å². The lowest BCUT2D eigenvalue weighted by Gasteiger charge is -2.30. The van der Waals surface area contributed by atoms with E-state index in [4.69, 9.17) is 19.7 Å². The summed E-state index contributed by atoms with van der Waals surface area (Å²) in [5.41, 5.74) is 2.61. The predicted octanol–water partition coefficient (Wildman–Crippen LogP) is 9.34. The Balaban J connectivity index is 1.28. The number of rotatable bonds is 18. The molecule has 2 aromatic carbocycles. The summed E-state index contributed by atoms with van der Waals surface area (Å²) in [5, 5.41) is 18.3. The Morgan fingerprint density at radius 3 is 1.88 bits per heavy atom. The summed E-state index contributed by atoms with van der Waals surface area (Å²) in [7, 11) is 0. The van der Waals surface area contributed by atoms with Crippen molar-refractivity contribution in [3.8, 4) is 11.1 Å². The van der Waals surface area contributed by atoms with Gasteiger partial charge in [-0.05, 0) is 117 Å². The van der Waals surface area contributed by atoms with Gasteiger partial charge in [0, 0.05) is 11.5 Å². The number of benzene rings is 2. The maximum Gasteiger partial charge on any atom is 0.335 e. The minimum atomic E-state index is -0.699. The standard InChI is InChI=1S/C42H56F2O6/c1-4-5-6-7-30-12-16-34(17-13-30)37-21-19-36(23-40(37)44)38-20-18-35(22-39(38)43)33-14-10-31(11-15-33)8-9-32(26-49-41(47)28(2)24-45)27-50-42(48)29(3)25-46/h18-23,30-34,45-46H,2-17,24-27H2,1H3. The van der Waals surface area contributed by atoms with Crippen LogP contribution in [0.15, 0.2) is 60.7 Å². The molecule has 50 heavy (non-hydrogen) atoms.